The summed E-state index contributed by atoms with van der Waals surface area (Å²) in [5, 5.41) is 3.07. The van der Waals surface area contributed by atoms with Crippen molar-refractivity contribution in [3.8, 4) is 5.88 Å². The molecule has 0 aliphatic heterocycles. The van der Waals surface area contributed by atoms with Crippen LogP contribution in [-0.2, 0) is 0 Å². The highest BCUT2D eigenvalue weighted by atomic mass is 16.5. The minimum atomic E-state index is 0.503. The largest absolute Gasteiger partial charge is 0.477 e. The van der Waals surface area contributed by atoms with Gasteiger partial charge in [0.1, 0.15) is 0 Å². The van der Waals surface area contributed by atoms with Gasteiger partial charge in [-0.15, -0.1) is 0 Å². The van der Waals surface area contributed by atoms with E-state index < -0.39 is 0 Å². The molecule has 0 radical (unpaired) electrons. The minimum absolute atomic E-state index is 0.503. The molecule has 0 unspecified atom stereocenters. The molecule has 1 aromatic heterocycles. The van der Waals surface area contributed by atoms with Crippen LogP contribution in [0.2, 0.25) is 0 Å². The summed E-state index contributed by atoms with van der Waals surface area (Å²) in [4.78, 5) is 8.50. The van der Waals surface area contributed by atoms with Gasteiger partial charge in [0.2, 0.25) is 11.8 Å². The molecule has 0 bridgehead atoms. The number of hydrogen-bond donors (Lipinski definition) is 1. The van der Waals surface area contributed by atoms with Gasteiger partial charge >= 0.3 is 0 Å². The standard InChI is InChI=1S/C11H19N3O/c1-5-12-11-13-9(4)6-10(14-11)15-7-8(2)3/h6,8H,5,7H2,1-4H3,(H,12,13,14). The fraction of sp³-hybridized carbons (Fsp3) is 0.636. The van der Waals surface area contributed by atoms with Crippen LogP contribution in [0.3, 0.4) is 0 Å². The predicted octanol–water partition coefficient (Wildman–Crippen LogP) is 2.25. The lowest BCUT2D eigenvalue weighted by molar-refractivity contribution is 0.261. The molecule has 84 valence electrons. The van der Waals surface area contributed by atoms with E-state index >= 15 is 0 Å². The summed E-state index contributed by atoms with van der Waals surface area (Å²) < 4.78 is 5.54. The molecule has 1 heterocycles. The third kappa shape index (κ3) is 4.14. The molecule has 0 aliphatic carbocycles. The normalized spacial score (nSPS) is 10.5. The van der Waals surface area contributed by atoms with Crippen LogP contribution in [0.5, 0.6) is 5.88 Å². The Morgan fingerprint density at radius 2 is 2.13 bits per heavy atom. The fourth-order valence-corrected chi connectivity index (χ4v) is 1.10. The van der Waals surface area contributed by atoms with Crippen LogP contribution in [0.15, 0.2) is 6.07 Å². The first-order valence-corrected chi connectivity index (χ1v) is 5.34. The van der Waals surface area contributed by atoms with Crippen molar-refractivity contribution in [3.05, 3.63) is 11.8 Å². The molecule has 0 fully saturated rings. The van der Waals surface area contributed by atoms with Crippen molar-refractivity contribution in [2.45, 2.75) is 27.7 Å². The molecule has 0 saturated heterocycles. The Balaban J connectivity index is 2.70. The second-order valence-corrected chi connectivity index (χ2v) is 3.91. The summed E-state index contributed by atoms with van der Waals surface area (Å²) in [5.41, 5.74) is 0.916. The smallest absolute Gasteiger partial charge is 0.226 e. The first-order valence-electron chi connectivity index (χ1n) is 5.34. The number of nitrogens with one attached hydrogen (secondary N) is 1. The lowest BCUT2D eigenvalue weighted by Gasteiger charge is -2.09. The number of hydrogen-bond acceptors (Lipinski definition) is 4. The minimum Gasteiger partial charge on any atom is -0.477 e. The van der Waals surface area contributed by atoms with Gasteiger partial charge < -0.3 is 10.1 Å². The summed E-state index contributed by atoms with van der Waals surface area (Å²) in [6.45, 7) is 9.67. The molecule has 0 aliphatic rings. The van der Waals surface area contributed by atoms with Crippen molar-refractivity contribution in [2.24, 2.45) is 5.92 Å². The Labute approximate surface area is 91.1 Å². The molecule has 0 spiro atoms. The molecule has 1 rings (SSSR count). The molecule has 1 aromatic rings. The first kappa shape index (κ1) is 11.8. The average Bonchev–Trinajstić information content (AvgIpc) is 2.14. The Kier molecular flexibility index (Phi) is 4.34. The zero-order chi connectivity index (χ0) is 11.3. The van der Waals surface area contributed by atoms with Crippen LogP contribution in [0.1, 0.15) is 26.5 Å². The summed E-state index contributed by atoms with van der Waals surface area (Å²) in [5.74, 6) is 1.78. The van der Waals surface area contributed by atoms with Crippen LogP contribution in [0, 0.1) is 12.8 Å². The second kappa shape index (κ2) is 5.53. The maximum atomic E-state index is 5.54. The zero-order valence-corrected chi connectivity index (χ0v) is 9.87. The summed E-state index contributed by atoms with van der Waals surface area (Å²) >= 11 is 0. The predicted molar refractivity (Wildman–Crippen MR) is 61.3 cm³/mol. The lowest BCUT2D eigenvalue weighted by atomic mass is 10.2. The van der Waals surface area contributed by atoms with Crippen molar-refractivity contribution in [3.63, 3.8) is 0 Å². The molecule has 4 heteroatoms. The van der Waals surface area contributed by atoms with E-state index in [2.05, 4.69) is 29.1 Å². The molecule has 0 aromatic carbocycles. The van der Waals surface area contributed by atoms with Crippen molar-refractivity contribution in [2.75, 3.05) is 18.5 Å². The number of anilines is 1. The van der Waals surface area contributed by atoms with Gasteiger partial charge in [0.25, 0.3) is 0 Å². The van der Waals surface area contributed by atoms with E-state index in [0.717, 1.165) is 12.2 Å². The van der Waals surface area contributed by atoms with Gasteiger partial charge in [-0.25, -0.2) is 4.98 Å². The third-order valence-electron chi connectivity index (χ3n) is 1.73. The fourth-order valence-electron chi connectivity index (χ4n) is 1.10. The van der Waals surface area contributed by atoms with Gasteiger partial charge in [-0.1, -0.05) is 13.8 Å². The Morgan fingerprint density at radius 1 is 1.40 bits per heavy atom. The van der Waals surface area contributed by atoms with E-state index in [0.29, 0.717) is 24.4 Å². The zero-order valence-electron chi connectivity index (χ0n) is 9.87. The maximum absolute atomic E-state index is 5.54. The SMILES string of the molecule is CCNc1nc(C)cc(OCC(C)C)n1. The van der Waals surface area contributed by atoms with E-state index in [1.54, 1.807) is 0 Å². The highest BCUT2D eigenvalue weighted by Gasteiger charge is 2.03. The number of aryl methyl sites for hydroxylation is 1. The number of nitrogens with zero attached hydrogens (tertiary/aromatic N) is 2. The lowest BCUT2D eigenvalue weighted by Crippen LogP contribution is -2.08. The van der Waals surface area contributed by atoms with Gasteiger partial charge in [0.15, 0.2) is 0 Å². The van der Waals surface area contributed by atoms with Gasteiger partial charge in [-0.05, 0) is 19.8 Å². The van der Waals surface area contributed by atoms with Crippen LogP contribution < -0.4 is 10.1 Å². The van der Waals surface area contributed by atoms with Gasteiger partial charge in [0, 0.05) is 18.3 Å². The second-order valence-electron chi connectivity index (χ2n) is 3.91. The van der Waals surface area contributed by atoms with E-state index in [1.165, 1.54) is 0 Å². The van der Waals surface area contributed by atoms with Crippen LogP contribution >= 0.6 is 0 Å². The van der Waals surface area contributed by atoms with Gasteiger partial charge in [-0.3, -0.25) is 0 Å². The van der Waals surface area contributed by atoms with Crippen LogP contribution in [0.25, 0.3) is 0 Å². The Hall–Kier alpha value is -1.32. The quantitative estimate of drug-likeness (QED) is 0.808. The molecule has 0 saturated carbocycles. The Bertz CT molecular complexity index is 313. The molecular weight excluding hydrogens is 190 g/mol. The van der Waals surface area contributed by atoms with Crippen molar-refractivity contribution in [1.29, 1.82) is 0 Å². The highest BCUT2D eigenvalue weighted by Crippen LogP contribution is 2.12. The van der Waals surface area contributed by atoms with Crippen LogP contribution in [-0.4, -0.2) is 23.1 Å². The van der Waals surface area contributed by atoms with E-state index in [-0.39, 0.29) is 0 Å². The molecule has 0 amide bonds. The molecule has 0 atom stereocenters. The van der Waals surface area contributed by atoms with E-state index in [1.807, 2.05) is 19.9 Å². The van der Waals surface area contributed by atoms with Crippen molar-refractivity contribution in [1.82, 2.24) is 9.97 Å². The summed E-state index contributed by atoms with van der Waals surface area (Å²) in [6.07, 6.45) is 0. The van der Waals surface area contributed by atoms with Crippen LogP contribution in [0.4, 0.5) is 5.95 Å². The molecule has 1 N–H and O–H groups in total. The number of aromatic nitrogens is 2. The third-order valence-corrected chi connectivity index (χ3v) is 1.73. The molecular formula is C11H19N3O. The monoisotopic (exact) mass is 209 g/mol. The molecule has 15 heavy (non-hydrogen) atoms. The van der Waals surface area contributed by atoms with Gasteiger partial charge in [0.05, 0.1) is 6.61 Å². The topological polar surface area (TPSA) is 47.0 Å². The first-order chi connectivity index (χ1) is 7.11. The summed E-state index contributed by atoms with van der Waals surface area (Å²) in [6, 6.07) is 1.85. The van der Waals surface area contributed by atoms with E-state index in [4.69, 9.17) is 4.74 Å². The van der Waals surface area contributed by atoms with Crippen molar-refractivity contribution < 1.29 is 4.74 Å². The number of ether oxygens (including phenoxy) is 1. The highest BCUT2D eigenvalue weighted by molar-refractivity contribution is 5.30. The number of rotatable bonds is 5. The average molecular weight is 209 g/mol. The van der Waals surface area contributed by atoms with Crippen molar-refractivity contribution >= 4 is 5.95 Å². The van der Waals surface area contributed by atoms with E-state index in [9.17, 15) is 0 Å². The maximum Gasteiger partial charge on any atom is 0.226 e. The van der Waals surface area contributed by atoms with Gasteiger partial charge in [-0.2, -0.15) is 4.98 Å². The Morgan fingerprint density at radius 3 is 2.73 bits per heavy atom. The summed E-state index contributed by atoms with van der Waals surface area (Å²) in [7, 11) is 0. The molecule has 4 nitrogen and oxygen atoms in total.